The molecule has 0 fully saturated rings. The second-order valence-corrected chi connectivity index (χ2v) is 0.657. The Morgan fingerprint density at radius 1 is 0.667 bits per heavy atom. The SMILES string of the molecule is B#N.O.O.O.O=BOB=O.O=BOB=O. The molecular weight excluding hydrogens is 212 g/mol. The molecule has 0 saturated carbocycles. The Bertz CT molecular complexity index is 119. The first-order valence-corrected chi connectivity index (χ1v) is 2.14. The van der Waals surface area contributed by atoms with Crippen LogP contribution < -0.4 is 0 Å². The summed E-state index contributed by atoms with van der Waals surface area (Å²) in [4.78, 5) is 0. The van der Waals surface area contributed by atoms with E-state index in [0.29, 0.717) is 0 Å². The van der Waals surface area contributed by atoms with Gasteiger partial charge in [-0.05, 0) is 0 Å². The van der Waals surface area contributed by atoms with Crippen molar-refractivity contribution in [3.63, 3.8) is 0 Å². The first-order valence-electron chi connectivity index (χ1n) is 2.14. The molecule has 6 N–H and O–H groups in total. The molecule has 0 heterocycles. The van der Waals surface area contributed by atoms with Gasteiger partial charge in [0.1, 0.15) is 0 Å². The van der Waals surface area contributed by atoms with Crippen molar-refractivity contribution >= 4 is 36.9 Å². The third-order valence-electron chi connectivity index (χ3n) is 0.222. The quantitative estimate of drug-likeness (QED) is 0.419. The third kappa shape index (κ3) is 198. The van der Waals surface area contributed by atoms with E-state index in [1.54, 1.807) is 0 Å². The Hall–Kier alpha value is -1.29. The number of nitrogens with zero attached hydrogens (tertiary/aromatic N) is 1. The maximum atomic E-state index is 8.95. The van der Waals surface area contributed by atoms with E-state index in [-0.39, 0.29) is 45.8 Å². The van der Waals surface area contributed by atoms with Crippen LogP contribution in [0.2, 0.25) is 0 Å². The van der Waals surface area contributed by atoms with Crippen LogP contribution in [-0.2, 0) is 28.0 Å². The van der Waals surface area contributed by atoms with Crippen LogP contribution in [0, 0.1) is 5.16 Å². The molecule has 0 aromatic carbocycles. The van der Waals surface area contributed by atoms with Crippen molar-refractivity contribution in [2.45, 2.75) is 0 Å². The molecule has 0 saturated heterocycles. The van der Waals surface area contributed by atoms with Crippen molar-refractivity contribution in [2.75, 3.05) is 0 Å². The van der Waals surface area contributed by atoms with Gasteiger partial charge in [0.25, 0.3) is 0 Å². The Morgan fingerprint density at radius 3 is 0.800 bits per heavy atom. The van der Waals surface area contributed by atoms with Crippen molar-refractivity contribution < 1.29 is 44.4 Å². The molecule has 0 rings (SSSR count). The molecule has 0 aromatic heterocycles. The number of hydrogen-bond acceptors (Lipinski definition) is 7. The van der Waals surface area contributed by atoms with Gasteiger partial charge in [-0.15, -0.1) is 0 Å². The summed E-state index contributed by atoms with van der Waals surface area (Å²) in [5.41, 5.74) is 0. The summed E-state index contributed by atoms with van der Waals surface area (Å²) in [6, 6.07) is 0. The van der Waals surface area contributed by atoms with Gasteiger partial charge in [-0.2, -0.15) is 0 Å². The molecule has 0 amide bonds. The molecule has 0 aliphatic rings. The number of rotatable bonds is 4. The molecule has 15 heteroatoms. The molecule has 0 aliphatic carbocycles. The summed E-state index contributed by atoms with van der Waals surface area (Å²) < 4.78 is 42.8. The third-order valence-corrected chi connectivity index (χ3v) is 0.222. The Balaban J connectivity index is -0.0000000197. The van der Waals surface area contributed by atoms with Gasteiger partial charge in [0.15, 0.2) is 0 Å². The zero-order chi connectivity index (χ0) is 10.2. The second-order valence-electron chi connectivity index (χ2n) is 0.657. The van der Waals surface area contributed by atoms with E-state index in [9.17, 15) is 0 Å². The summed E-state index contributed by atoms with van der Waals surface area (Å²) in [5, 5.41) is 6.50. The average molecular weight is 218 g/mol. The van der Waals surface area contributed by atoms with E-state index in [1.165, 1.54) is 0 Å². The van der Waals surface area contributed by atoms with Crippen LogP contribution in [0.15, 0.2) is 0 Å². The monoisotopic (exact) mass is 219 g/mol. The molecule has 0 bridgehead atoms. The number of hydrogen-bond donors (Lipinski definition) is 0. The Labute approximate surface area is 87.4 Å². The zero-order valence-corrected chi connectivity index (χ0v) is 7.28. The topological polar surface area (TPSA) is 205 Å². The molecule has 0 spiro atoms. The zero-order valence-electron chi connectivity index (χ0n) is 7.28. The van der Waals surface area contributed by atoms with Gasteiger partial charge in [0.2, 0.25) is 0 Å². The van der Waals surface area contributed by atoms with Crippen molar-refractivity contribution in [3.8, 4) is 0 Å². The van der Waals surface area contributed by atoms with Crippen molar-refractivity contribution in [1.82, 2.24) is 0 Å². The predicted octanol–water partition coefficient (Wildman–Crippen LogP) is -4.98. The molecule has 15 heavy (non-hydrogen) atoms. The molecule has 0 aliphatic heterocycles. The van der Waals surface area contributed by atoms with Crippen LogP contribution in [0.5, 0.6) is 0 Å². The minimum atomic E-state index is 0. The van der Waals surface area contributed by atoms with Gasteiger partial charge >= 0.3 is 70.0 Å². The van der Waals surface area contributed by atoms with E-state index in [1.807, 2.05) is 0 Å². The van der Waals surface area contributed by atoms with Crippen LogP contribution in [-0.4, -0.2) is 53.3 Å². The Kier molecular flexibility index (Phi) is 195. The van der Waals surface area contributed by atoms with E-state index in [4.69, 9.17) is 24.0 Å². The van der Waals surface area contributed by atoms with Gasteiger partial charge < -0.3 is 16.4 Å². The minimum absolute atomic E-state index is 0. The van der Waals surface area contributed by atoms with Crippen molar-refractivity contribution in [3.05, 3.63) is 0 Å². The van der Waals surface area contributed by atoms with Crippen LogP contribution in [0.25, 0.3) is 0 Å². The molecular formula is H6B5NO9. The van der Waals surface area contributed by atoms with Gasteiger partial charge in [0, 0.05) is 0 Å². The molecule has 0 aromatic rings. The van der Waals surface area contributed by atoms with Crippen molar-refractivity contribution in [1.29, 1.82) is 5.16 Å². The van der Waals surface area contributed by atoms with Crippen LogP contribution >= 0.6 is 0 Å². The summed E-state index contributed by atoms with van der Waals surface area (Å²) in [6.45, 7) is 0. The normalized spacial score (nSPS) is 3.00. The first-order chi connectivity index (χ1) is 5.83. The van der Waals surface area contributed by atoms with Gasteiger partial charge in [-0.3, -0.25) is 0 Å². The van der Waals surface area contributed by atoms with Gasteiger partial charge in [-0.25, -0.2) is 0 Å². The summed E-state index contributed by atoms with van der Waals surface area (Å²) in [5.74, 6) is 0. The van der Waals surface area contributed by atoms with Crippen LogP contribution in [0.3, 0.4) is 0 Å². The summed E-state index contributed by atoms with van der Waals surface area (Å²) in [7, 11) is 3.75. The van der Waals surface area contributed by atoms with Gasteiger partial charge in [0.05, 0.1) is 0 Å². The standard InChI is InChI=1S/2B2O3.BN.3H2O/c2*3-1-5-2-4;1-2;;;/h;;;3*1H2. The maximum absolute atomic E-state index is 8.95. The Morgan fingerprint density at radius 2 is 0.800 bits per heavy atom. The second kappa shape index (κ2) is 78.5. The molecule has 80 valence electrons. The van der Waals surface area contributed by atoms with E-state index < -0.39 is 0 Å². The molecule has 0 unspecified atom stereocenters. The van der Waals surface area contributed by atoms with E-state index in [2.05, 4.69) is 16.6 Å². The predicted molar refractivity (Wildman–Crippen MR) is 46.3 cm³/mol. The molecule has 0 radical (unpaired) electrons. The first kappa shape index (κ1) is 37.3. The fourth-order valence-electron chi connectivity index (χ4n) is 0.0454. The van der Waals surface area contributed by atoms with Crippen LogP contribution in [0.1, 0.15) is 0 Å². The fourth-order valence-corrected chi connectivity index (χ4v) is 0.0454. The summed E-state index contributed by atoms with van der Waals surface area (Å²) >= 11 is 0. The molecule has 0 atom stereocenters. The average Bonchev–Trinajstić information content (AvgIpc) is 2.12. The van der Waals surface area contributed by atoms with E-state index >= 15 is 0 Å². The van der Waals surface area contributed by atoms with Gasteiger partial charge in [-0.1, -0.05) is 0 Å². The van der Waals surface area contributed by atoms with Crippen molar-refractivity contribution in [2.24, 2.45) is 0 Å². The summed E-state index contributed by atoms with van der Waals surface area (Å²) in [6.07, 6.45) is 0. The fraction of sp³-hybridized carbons (Fsp3) is 0. The van der Waals surface area contributed by atoms with Crippen LogP contribution in [0.4, 0.5) is 0 Å². The molecule has 10 nitrogen and oxygen atoms in total. The van der Waals surface area contributed by atoms with E-state index in [0.717, 1.165) is 0 Å².